The standard InChI is InChI=1S/C16H22N2O4S/c1-12-4-5-13(16(19)20)10-15(12)23(21,22)18-9-6-14(11-18)17-7-2-3-8-17/h4-5,10,14H,2-3,6-9,11H2,1H3,(H,19,20). The van der Waals surface area contributed by atoms with Gasteiger partial charge in [0.15, 0.2) is 0 Å². The number of aryl methyl sites for hydroxylation is 1. The van der Waals surface area contributed by atoms with E-state index in [1.54, 1.807) is 13.0 Å². The molecule has 7 heteroatoms. The fourth-order valence-corrected chi connectivity index (χ4v) is 5.23. The lowest BCUT2D eigenvalue weighted by atomic mass is 10.1. The first kappa shape index (κ1) is 16.4. The zero-order chi connectivity index (χ0) is 16.6. The molecule has 1 N–H and O–H groups in total. The SMILES string of the molecule is Cc1ccc(C(=O)O)cc1S(=O)(=O)N1CCC(N2CCCC2)C1. The minimum absolute atomic E-state index is 0.00413. The number of nitrogens with zero attached hydrogens (tertiary/aromatic N) is 2. The number of likely N-dealkylation sites (tertiary alicyclic amines) is 1. The number of carbonyl (C=O) groups is 1. The highest BCUT2D eigenvalue weighted by molar-refractivity contribution is 7.89. The topological polar surface area (TPSA) is 77.9 Å². The van der Waals surface area contributed by atoms with Gasteiger partial charge in [0.05, 0.1) is 10.5 Å². The summed E-state index contributed by atoms with van der Waals surface area (Å²) in [5.41, 5.74) is 0.587. The highest BCUT2D eigenvalue weighted by atomic mass is 32.2. The van der Waals surface area contributed by atoms with E-state index in [-0.39, 0.29) is 16.5 Å². The van der Waals surface area contributed by atoms with Gasteiger partial charge in [-0.05, 0) is 57.0 Å². The first-order chi connectivity index (χ1) is 10.9. The Morgan fingerprint density at radius 1 is 1.22 bits per heavy atom. The molecular weight excluding hydrogens is 316 g/mol. The van der Waals surface area contributed by atoms with E-state index in [1.807, 2.05) is 0 Å². The molecule has 0 aromatic heterocycles. The average Bonchev–Trinajstić information content (AvgIpc) is 3.18. The Hall–Kier alpha value is -1.44. The van der Waals surface area contributed by atoms with Crippen molar-refractivity contribution >= 4 is 16.0 Å². The normalized spacial score (nSPS) is 23.4. The van der Waals surface area contributed by atoms with Gasteiger partial charge in [-0.15, -0.1) is 0 Å². The van der Waals surface area contributed by atoms with Crippen LogP contribution >= 0.6 is 0 Å². The highest BCUT2D eigenvalue weighted by Crippen LogP contribution is 2.27. The molecule has 0 aliphatic carbocycles. The van der Waals surface area contributed by atoms with Crippen LogP contribution in [-0.2, 0) is 10.0 Å². The van der Waals surface area contributed by atoms with Crippen molar-refractivity contribution in [3.8, 4) is 0 Å². The molecule has 6 nitrogen and oxygen atoms in total. The molecular formula is C16H22N2O4S. The second-order valence-electron chi connectivity index (χ2n) is 6.33. The maximum Gasteiger partial charge on any atom is 0.335 e. The van der Waals surface area contributed by atoms with Crippen LogP contribution in [0.25, 0.3) is 0 Å². The molecule has 2 aliphatic rings. The lowest BCUT2D eigenvalue weighted by Crippen LogP contribution is -2.37. The zero-order valence-electron chi connectivity index (χ0n) is 13.2. The Morgan fingerprint density at radius 3 is 2.57 bits per heavy atom. The summed E-state index contributed by atoms with van der Waals surface area (Å²) in [5, 5.41) is 9.10. The summed E-state index contributed by atoms with van der Waals surface area (Å²) >= 11 is 0. The Morgan fingerprint density at radius 2 is 1.91 bits per heavy atom. The zero-order valence-corrected chi connectivity index (χ0v) is 14.1. The number of hydrogen-bond acceptors (Lipinski definition) is 4. The fourth-order valence-electron chi connectivity index (χ4n) is 3.48. The van der Waals surface area contributed by atoms with Gasteiger partial charge in [0.25, 0.3) is 0 Å². The van der Waals surface area contributed by atoms with E-state index < -0.39 is 16.0 Å². The molecule has 126 valence electrons. The van der Waals surface area contributed by atoms with Crippen molar-refractivity contribution in [2.75, 3.05) is 26.2 Å². The largest absolute Gasteiger partial charge is 0.478 e. The molecule has 0 radical (unpaired) electrons. The minimum atomic E-state index is -3.64. The Labute approximate surface area is 136 Å². The summed E-state index contributed by atoms with van der Waals surface area (Å²) in [6, 6.07) is 4.56. The summed E-state index contributed by atoms with van der Waals surface area (Å²) in [6.07, 6.45) is 3.21. The average molecular weight is 338 g/mol. The van der Waals surface area contributed by atoms with Crippen LogP contribution in [0.4, 0.5) is 0 Å². The van der Waals surface area contributed by atoms with E-state index in [2.05, 4.69) is 4.90 Å². The third-order valence-electron chi connectivity index (χ3n) is 4.84. The predicted octanol–water partition coefficient (Wildman–Crippen LogP) is 1.55. The van der Waals surface area contributed by atoms with Crippen LogP contribution < -0.4 is 0 Å². The third kappa shape index (κ3) is 3.13. The van der Waals surface area contributed by atoms with Gasteiger partial charge < -0.3 is 5.11 Å². The maximum absolute atomic E-state index is 12.9. The number of carboxylic acid groups (broad SMARTS) is 1. The lowest BCUT2D eigenvalue weighted by molar-refractivity contribution is 0.0696. The van der Waals surface area contributed by atoms with E-state index in [1.165, 1.54) is 29.3 Å². The van der Waals surface area contributed by atoms with Crippen molar-refractivity contribution in [2.45, 2.75) is 37.1 Å². The van der Waals surface area contributed by atoms with Crippen LogP contribution in [0.1, 0.15) is 35.2 Å². The number of sulfonamides is 1. The van der Waals surface area contributed by atoms with Crippen molar-refractivity contribution in [3.63, 3.8) is 0 Å². The molecule has 1 unspecified atom stereocenters. The summed E-state index contributed by atoms with van der Waals surface area (Å²) in [6.45, 7) is 4.80. The Bertz CT molecular complexity index is 711. The number of benzene rings is 1. The van der Waals surface area contributed by atoms with Gasteiger partial charge in [-0.3, -0.25) is 4.90 Å². The quantitative estimate of drug-likeness (QED) is 0.901. The van der Waals surface area contributed by atoms with Gasteiger partial charge in [0, 0.05) is 19.1 Å². The molecule has 1 aromatic rings. The molecule has 2 aliphatic heterocycles. The number of rotatable bonds is 4. The van der Waals surface area contributed by atoms with Gasteiger partial charge in [-0.1, -0.05) is 6.07 Å². The summed E-state index contributed by atoms with van der Waals surface area (Å²) < 4.78 is 27.3. The monoisotopic (exact) mass is 338 g/mol. The van der Waals surface area contributed by atoms with Gasteiger partial charge in [0.2, 0.25) is 10.0 Å². The highest BCUT2D eigenvalue weighted by Gasteiger charge is 2.36. The van der Waals surface area contributed by atoms with Crippen LogP contribution in [0.5, 0.6) is 0 Å². The fraction of sp³-hybridized carbons (Fsp3) is 0.562. The number of hydrogen-bond donors (Lipinski definition) is 1. The summed E-state index contributed by atoms with van der Waals surface area (Å²) in [4.78, 5) is 13.6. The van der Waals surface area contributed by atoms with Gasteiger partial charge in [-0.2, -0.15) is 4.31 Å². The van der Waals surface area contributed by atoms with Gasteiger partial charge in [0.1, 0.15) is 0 Å². The predicted molar refractivity (Wildman–Crippen MR) is 86.1 cm³/mol. The van der Waals surface area contributed by atoms with Crippen molar-refractivity contribution in [2.24, 2.45) is 0 Å². The molecule has 2 fully saturated rings. The summed E-state index contributed by atoms with van der Waals surface area (Å²) in [5.74, 6) is -1.11. The molecule has 23 heavy (non-hydrogen) atoms. The first-order valence-electron chi connectivity index (χ1n) is 7.98. The lowest BCUT2D eigenvalue weighted by Gasteiger charge is -2.24. The van der Waals surface area contributed by atoms with Crippen molar-refractivity contribution in [1.29, 1.82) is 0 Å². The molecule has 0 bridgehead atoms. The maximum atomic E-state index is 12.9. The van der Waals surface area contributed by atoms with Gasteiger partial charge >= 0.3 is 5.97 Å². The molecule has 1 aromatic carbocycles. The molecule has 0 spiro atoms. The molecule has 1 atom stereocenters. The second-order valence-corrected chi connectivity index (χ2v) is 8.24. The van der Waals surface area contributed by atoms with Crippen LogP contribution in [0.3, 0.4) is 0 Å². The van der Waals surface area contributed by atoms with Crippen molar-refractivity contribution in [3.05, 3.63) is 29.3 Å². The second kappa shape index (κ2) is 6.22. The molecule has 2 saturated heterocycles. The van der Waals surface area contributed by atoms with E-state index >= 15 is 0 Å². The van der Waals surface area contributed by atoms with Crippen LogP contribution in [-0.4, -0.2) is 60.9 Å². The molecule has 0 saturated carbocycles. The minimum Gasteiger partial charge on any atom is -0.478 e. The molecule has 0 amide bonds. The van der Waals surface area contributed by atoms with Crippen LogP contribution in [0.15, 0.2) is 23.1 Å². The Balaban J connectivity index is 1.84. The number of aromatic carboxylic acids is 1. The van der Waals surface area contributed by atoms with Crippen LogP contribution in [0.2, 0.25) is 0 Å². The smallest absolute Gasteiger partial charge is 0.335 e. The van der Waals surface area contributed by atoms with Crippen molar-refractivity contribution in [1.82, 2.24) is 9.21 Å². The van der Waals surface area contributed by atoms with E-state index in [0.717, 1.165) is 19.5 Å². The molecule has 3 rings (SSSR count). The van der Waals surface area contributed by atoms with E-state index in [0.29, 0.717) is 18.7 Å². The van der Waals surface area contributed by atoms with E-state index in [9.17, 15) is 13.2 Å². The molecule has 2 heterocycles. The third-order valence-corrected chi connectivity index (χ3v) is 6.84. The van der Waals surface area contributed by atoms with Crippen LogP contribution in [0, 0.1) is 6.92 Å². The number of carboxylic acids is 1. The van der Waals surface area contributed by atoms with E-state index in [4.69, 9.17) is 5.11 Å². The first-order valence-corrected chi connectivity index (χ1v) is 9.42. The Kier molecular flexibility index (Phi) is 4.44. The summed E-state index contributed by atoms with van der Waals surface area (Å²) in [7, 11) is -3.64. The van der Waals surface area contributed by atoms with Crippen molar-refractivity contribution < 1.29 is 18.3 Å². The van der Waals surface area contributed by atoms with Gasteiger partial charge in [-0.25, -0.2) is 13.2 Å².